The fourth-order valence-electron chi connectivity index (χ4n) is 0.524. The van der Waals surface area contributed by atoms with Crippen molar-refractivity contribution in [3.8, 4) is 0 Å². The van der Waals surface area contributed by atoms with Gasteiger partial charge in [0, 0.05) is 13.1 Å². The minimum Gasteiger partial charge on any atom is -0.363 e. The SMILES string of the molecule is CCN(C=NP(=O)(O)F)CC. The number of hydrogen-bond acceptors (Lipinski definition) is 1. The molecule has 0 heterocycles. The molecule has 0 aromatic carbocycles. The molecule has 0 aliphatic carbocycles. The third-order valence-corrected chi connectivity index (χ3v) is 1.56. The molecule has 0 bridgehead atoms. The van der Waals surface area contributed by atoms with E-state index >= 15 is 0 Å². The van der Waals surface area contributed by atoms with Crippen molar-refractivity contribution in [3.63, 3.8) is 0 Å². The van der Waals surface area contributed by atoms with Gasteiger partial charge in [-0.2, -0.15) is 4.76 Å². The molecule has 1 atom stereocenters. The molecule has 0 aliphatic rings. The van der Waals surface area contributed by atoms with Gasteiger partial charge in [-0.3, -0.25) is 0 Å². The maximum atomic E-state index is 11.9. The first-order chi connectivity index (χ1) is 4.99. The summed E-state index contributed by atoms with van der Waals surface area (Å²) in [5, 5.41) is 0. The Bertz CT molecular complexity index is 175. The van der Waals surface area contributed by atoms with E-state index in [0.29, 0.717) is 13.1 Å². The molecule has 0 fully saturated rings. The van der Waals surface area contributed by atoms with Gasteiger partial charge in [-0.05, 0) is 13.8 Å². The summed E-state index contributed by atoms with van der Waals surface area (Å²) in [6.45, 7) is 4.96. The van der Waals surface area contributed by atoms with Gasteiger partial charge in [-0.15, -0.1) is 4.20 Å². The Morgan fingerprint density at radius 2 is 2.09 bits per heavy atom. The molecule has 11 heavy (non-hydrogen) atoms. The van der Waals surface area contributed by atoms with E-state index in [-0.39, 0.29) is 0 Å². The lowest BCUT2D eigenvalue weighted by atomic mass is 10.6. The van der Waals surface area contributed by atoms with Crippen molar-refractivity contribution in [1.29, 1.82) is 0 Å². The summed E-state index contributed by atoms with van der Waals surface area (Å²) in [6, 6.07) is 0. The van der Waals surface area contributed by atoms with E-state index < -0.39 is 7.83 Å². The van der Waals surface area contributed by atoms with Crippen molar-refractivity contribution in [2.45, 2.75) is 13.8 Å². The second-order valence-electron chi connectivity index (χ2n) is 1.93. The maximum Gasteiger partial charge on any atom is 0.490 e. The second kappa shape index (κ2) is 4.46. The van der Waals surface area contributed by atoms with Crippen molar-refractivity contribution in [2.24, 2.45) is 4.76 Å². The Balaban J connectivity index is 4.00. The average molecular weight is 182 g/mol. The summed E-state index contributed by atoms with van der Waals surface area (Å²) < 4.78 is 24.8. The second-order valence-corrected chi connectivity index (χ2v) is 3.10. The monoisotopic (exact) mass is 182 g/mol. The van der Waals surface area contributed by atoms with Crippen molar-refractivity contribution >= 4 is 14.2 Å². The van der Waals surface area contributed by atoms with Crippen molar-refractivity contribution < 1.29 is 13.7 Å². The molecule has 4 nitrogen and oxygen atoms in total. The fraction of sp³-hybridized carbons (Fsp3) is 0.800. The van der Waals surface area contributed by atoms with E-state index in [0.717, 1.165) is 6.34 Å². The molecule has 0 aromatic heterocycles. The summed E-state index contributed by atoms with van der Waals surface area (Å²) in [6.07, 6.45) is 1.06. The molecule has 1 N–H and O–H groups in total. The van der Waals surface area contributed by atoms with Gasteiger partial charge in [0.05, 0.1) is 6.34 Å². The van der Waals surface area contributed by atoms with Gasteiger partial charge in [0.15, 0.2) is 0 Å². The number of hydrogen-bond donors (Lipinski definition) is 1. The molecule has 0 radical (unpaired) electrons. The van der Waals surface area contributed by atoms with Crippen LogP contribution in [0.4, 0.5) is 4.20 Å². The Labute approximate surface area is 65.4 Å². The van der Waals surface area contributed by atoms with E-state index in [2.05, 4.69) is 4.76 Å². The lowest BCUT2D eigenvalue weighted by Gasteiger charge is -2.12. The molecule has 0 saturated carbocycles. The molecule has 0 saturated heterocycles. The van der Waals surface area contributed by atoms with Crippen LogP contribution in [0.25, 0.3) is 0 Å². The fourth-order valence-corrected chi connectivity index (χ4v) is 0.797. The van der Waals surface area contributed by atoms with E-state index in [9.17, 15) is 8.76 Å². The van der Waals surface area contributed by atoms with Crippen LogP contribution in [-0.2, 0) is 4.57 Å². The predicted molar refractivity (Wildman–Crippen MR) is 42.3 cm³/mol. The van der Waals surface area contributed by atoms with Crippen LogP contribution in [0.1, 0.15) is 13.8 Å². The Morgan fingerprint density at radius 1 is 1.64 bits per heavy atom. The van der Waals surface area contributed by atoms with Gasteiger partial charge in [0.1, 0.15) is 0 Å². The number of halogens is 1. The Morgan fingerprint density at radius 3 is 2.36 bits per heavy atom. The summed E-state index contributed by atoms with van der Waals surface area (Å²) in [7, 11) is -4.72. The largest absolute Gasteiger partial charge is 0.490 e. The third kappa shape index (κ3) is 6.01. The lowest BCUT2D eigenvalue weighted by molar-refractivity contribution is 0.428. The molecule has 66 valence electrons. The van der Waals surface area contributed by atoms with E-state index in [1.54, 1.807) is 4.90 Å². The molecular weight excluding hydrogens is 170 g/mol. The van der Waals surface area contributed by atoms with E-state index in [1.165, 1.54) is 0 Å². The van der Waals surface area contributed by atoms with Crippen LogP contribution >= 0.6 is 7.83 Å². The highest BCUT2D eigenvalue weighted by Crippen LogP contribution is 2.43. The molecule has 1 unspecified atom stereocenters. The highest BCUT2D eigenvalue weighted by Gasteiger charge is 2.11. The molecule has 0 spiro atoms. The standard InChI is InChI=1S/C5H12FN2O2P/c1-3-8(4-2)5-7-11(6,9)10/h5H,3-4H2,1-2H3,(H,9,10). The van der Waals surface area contributed by atoms with Crippen LogP contribution < -0.4 is 0 Å². The van der Waals surface area contributed by atoms with Gasteiger partial charge in [0.2, 0.25) is 0 Å². The summed E-state index contributed by atoms with van der Waals surface area (Å²) >= 11 is 0. The molecule has 6 heteroatoms. The van der Waals surface area contributed by atoms with Gasteiger partial charge < -0.3 is 9.79 Å². The van der Waals surface area contributed by atoms with Gasteiger partial charge in [0.25, 0.3) is 0 Å². The molecular formula is C5H12FN2O2P. The number of nitrogens with zero attached hydrogens (tertiary/aromatic N) is 2. The zero-order chi connectivity index (χ0) is 8.91. The topological polar surface area (TPSA) is 52.9 Å². The van der Waals surface area contributed by atoms with Crippen molar-refractivity contribution in [1.82, 2.24) is 4.90 Å². The van der Waals surface area contributed by atoms with Crippen molar-refractivity contribution in [3.05, 3.63) is 0 Å². The summed E-state index contributed by atoms with van der Waals surface area (Å²) in [4.78, 5) is 9.74. The molecule has 0 aromatic rings. The van der Waals surface area contributed by atoms with Crippen LogP contribution in [0, 0.1) is 0 Å². The van der Waals surface area contributed by atoms with Crippen LogP contribution in [-0.4, -0.2) is 29.2 Å². The van der Waals surface area contributed by atoms with Gasteiger partial charge in [-0.1, -0.05) is 0 Å². The first-order valence-electron chi connectivity index (χ1n) is 3.31. The zero-order valence-corrected chi connectivity index (χ0v) is 7.46. The Hall–Kier alpha value is -0.410. The van der Waals surface area contributed by atoms with Gasteiger partial charge >= 0.3 is 7.83 Å². The molecule has 0 aliphatic heterocycles. The minimum absolute atomic E-state index is 0.639. The van der Waals surface area contributed by atoms with E-state index in [4.69, 9.17) is 4.89 Å². The zero-order valence-electron chi connectivity index (χ0n) is 6.57. The highest BCUT2D eigenvalue weighted by molar-refractivity contribution is 7.51. The quantitative estimate of drug-likeness (QED) is 0.406. The van der Waals surface area contributed by atoms with Gasteiger partial charge in [-0.25, -0.2) is 4.57 Å². The third-order valence-electron chi connectivity index (χ3n) is 1.17. The van der Waals surface area contributed by atoms with Crippen molar-refractivity contribution in [2.75, 3.05) is 13.1 Å². The predicted octanol–water partition coefficient (Wildman–Crippen LogP) is 1.43. The van der Waals surface area contributed by atoms with Crippen LogP contribution in [0.5, 0.6) is 0 Å². The normalized spacial score (nSPS) is 16.7. The number of rotatable bonds is 4. The summed E-state index contributed by atoms with van der Waals surface area (Å²) in [5.74, 6) is 0. The van der Waals surface area contributed by atoms with Crippen LogP contribution in [0.2, 0.25) is 0 Å². The minimum atomic E-state index is -4.72. The Kier molecular flexibility index (Phi) is 4.30. The van der Waals surface area contributed by atoms with Crippen LogP contribution in [0.15, 0.2) is 4.76 Å². The first kappa shape index (κ1) is 10.6. The molecule has 0 rings (SSSR count). The highest BCUT2D eigenvalue weighted by atomic mass is 31.2. The smallest absolute Gasteiger partial charge is 0.363 e. The average Bonchev–Trinajstić information content (AvgIpc) is 1.88. The van der Waals surface area contributed by atoms with E-state index in [1.807, 2.05) is 13.8 Å². The van der Waals surface area contributed by atoms with Crippen LogP contribution in [0.3, 0.4) is 0 Å². The first-order valence-corrected chi connectivity index (χ1v) is 4.82. The maximum absolute atomic E-state index is 11.9. The lowest BCUT2D eigenvalue weighted by Crippen LogP contribution is -2.20. The molecule has 0 amide bonds. The summed E-state index contributed by atoms with van der Waals surface area (Å²) in [5.41, 5.74) is 0.